The van der Waals surface area contributed by atoms with E-state index in [1.807, 2.05) is 6.07 Å². The number of hydrogen-bond acceptors (Lipinski definition) is 8. The summed E-state index contributed by atoms with van der Waals surface area (Å²) in [5.74, 6) is 1.47. The molecule has 1 saturated heterocycles. The van der Waals surface area contributed by atoms with Crippen molar-refractivity contribution in [3.05, 3.63) is 29.6 Å². The Hall–Kier alpha value is -2.68. The Morgan fingerprint density at radius 3 is 2.47 bits per heavy atom. The maximum absolute atomic E-state index is 14.1. The molecule has 1 aromatic carbocycles. The van der Waals surface area contributed by atoms with Gasteiger partial charge in [-0.2, -0.15) is 15.0 Å². The number of benzene rings is 1. The Bertz CT molecular complexity index is 914. The van der Waals surface area contributed by atoms with E-state index in [9.17, 15) is 4.39 Å². The van der Waals surface area contributed by atoms with E-state index in [4.69, 9.17) is 9.72 Å². The molecule has 1 aromatic heterocycles. The normalized spacial score (nSPS) is 19.9. The lowest BCUT2D eigenvalue weighted by atomic mass is 10.0. The topological polar surface area (TPSA) is 96.0 Å². The Morgan fingerprint density at radius 1 is 1.03 bits per heavy atom. The van der Waals surface area contributed by atoms with Gasteiger partial charge in [0.1, 0.15) is 0 Å². The summed E-state index contributed by atoms with van der Waals surface area (Å²) in [6.07, 6.45) is 10.6. The van der Waals surface area contributed by atoms with Gasteiger partial charge in [-0.3, -0.25) is 0 Å². The highest BCUT2D eigenvalue weighted by atomic mass is 19.1. The summed E-state index contributed by atoms with van der Waals surface area (Å²) in [5.41, 5.74) is 0.785. The van der Waals surface area contributed by atoms with Crippen molar-refractivity contribution in [2.75, 3.05) is 29.6 Å². The zero-order chi connectivity index (χ0) is 23.8. The Labute approximate surface area is 201 Å². The zero-order valence-corrected chi connectivity index (χ0v) is 20.4. The fraction of sp³-hybridized carbons (Fsp3) is 0.640. The van der Waals surface area contributed by atoms with Gasteiger partial charge in [0.15, 0.2) is 11.6 Å². The van der Waals surface area contributed by atoms with Gasteiger partial charge in [-0.25, -0.2) is 4.39 Å². The number of hydrogen-bond donors (Lipinski definition) is 4. The fourth-order valence-electron chi connectivity index (χ4n) is 4.90. The molecule has 1 aliphatic heterocycles. The van der Waals surface area contributed by atoms with Crippen LogP contribution in [0.1, 0.15) is 70.3 Å². The van der Waals surface area contributed by atoms with E-state index < -0.39 is 0 Å². The second kappa shape index (κ2) is 12.1. The number of methoxy groups -OCH3 is 1. The standard InChI is InChI=1S/C25H38FN7O/c1-3-20(21-11-8-14-27-21)30-25-32-23(28-16-17-12-13-22(34-2)19(26)15-17)31-24(33-25)29-18-9-6-4-5-7-10-18/h12-13,15,18,20-21,27H,3-11,14,16H2,1-2H3,(H3,28,29,30,31,32,33). The quantitative estimate of drug-likeness (QED) is 0.370. The molecular weight excluding hydrogens is 433 g/mol. The summed E-state index contributed by atoms with van der Waals surface area (Å²) in [7, 11) is 1.46. The summed E-state index contributed by atoms with van der Waals surface area (Å²) in [5, 5.41) is 13.9. The molecule has 2 heterocycles. The molecule has 34 heavy (non-hydrogen) atoms. The average Bonchev–Trinajstić information content (AvgIpc) is 3.26. The number of nitrogens with zero attached hydrogens (tertiary/aromatic N) is 3. The second-order valence-electron chi connectivity index (χ2n) is 9.32. The van der Waals surface area contributed by atoms with Gasteiger partial charge in [0, 0.05) is 24.7 Å². The number of nitrogens with one attached hydrogen (secondary N) is 4. The number of rotatable bonds is 10. The van der Waals surface area contributed by atoms with Crippen molar-refractivity contribution in [3.8, 4) is 5.75 Å². The van der Waals surface area contributed by atoms with Crippen LogP contribution in [0.3, 0.4) is 0 Å². The van der Waals surface area contributed by atoms with Crippen molar-refractivity contribution in [3.63, 3.8) is 0 Å². The molecule has 4 rings (SSSR count). The second-order valence-corrected chi connectivity index (χ2v) is 9.32. The van der Waals surface area contributed by atoms with Gasteiger partial charge in [0.25, 0.3) is 0 Å². The van der Waals surface area contributed by atoms with Crippen LogP contribution in [0.15, 0.2) is 18.2 Å². The number of anilines is 3. The first-order valence-corrected chi connectivity index (χ1v) is 12.7. The summed E-state index contributed by atoms with van der Waals surface area (Å²) in [4.78, 5) is 14.0. The first-order chi connectivity index (χ1) is 16.6. The van der Waals surface area contributed by atoms with Crippen LogP contribution in [0.2, 0.25) is 0 Å². The van der Waals surface area contributed by atoms with E-state index in [1.165, 1.54) is 45.3 Å². The molecular formula is C25H38FN7O. The van der Waals surface area contributed by atoms with E-state index in [1.54, 1.807) is 6.07 Å². The lowest BCUT2D eigenvalue weighted by Gasteiger charge is -2.24. The Balaban J connectivity index is 1.50. The van der Waals surface area contributed by atoms with Crippen LogP contribution in [-0.4, -0.2) is 46.7 Å². The monoisotopic (exact) mass is 471 g/mol. The number of halogens is 1. The summed E-state index contributed by atoms with van der Waals surface area (Å²) >= 11 is 0. The molecule has 2 unspecified atom stereocenters. The van der Waals surface area contributed by atoms with Crippen LogP contribution >= 0.6 is 0 Å². The predicted octanol–water partition coefficient (Wildman–Crippen LogP) is 4.71. The minimum atomic E-state index is -0.384. The highest BCUT2D eigenvalue weighted by molar-refractivity contribution is 5.44. The SMILES string of the molecule is CCC(Nc1nc(NCc2ccc(OC)c(F)c2)nc(NC2CCCCCC2)n1)C1CCCN1. The van der Waals surface area contributed by atoms with Crippen molar-refractivity contribution < 1.29 is 9.13 Å². The van der Waals surface area contributed by atoms with Gasteiger partial charge in [0.2, 0.25) is 17.8 Å². The molecule has 4 N–H and O–H groups in total. The van der Waals surface area contributed by atoms with E-state index in [2.05, 4.69) is 38.2 Å². The highest BCUT2D eigenvalue weighted by Crippen LogP contribution is 2.23. The average molecular weight is 472 g/mol. The van der Waals surface area contributed by atoms with E-state index in [0.717, 1.165) is 37.8 Å². The summed E-state index contributed by atoms with van der Waals surface area (Å²) in [6, 6.07) is 5.97. The molecule has 0 bridgehead atoms. The van der Waals surface area contributed by atoms with Crippen molar-refractivity contribution in [1.82, 2.24) is 20.3 Å². The minimum Gasteiger partial charge on any atom is -0.494 e. The molecule has 2 aliphatic rings. The van der Waals surface area contributed by atoms with Gasteiger partial charge >= 0.3 is 0 Å². The molecule has 1 aliphatic carbocycles. The maximum atomic E-state index is 14.1. The lowest BCUT2D eigenvalue weighted by molar-refractivity contribution is 0.386. The first-order valence-electron chi connectivity index (χ1n) is 12.7. The van der Waals surface area contributed by atoms with E-state index in [0.29, 0.717) is 36.5 Å². The minimum absolute atomic E-state index is 0.233. The third-order valence-electron chi connectivity index (χ3n) is 6.83. The van der Waals surface area contributed by atoms with Crippen molar-refractivity contribution in [2.45, 2.75) is 89.4 Å². The molecule has 2 atom stereocenters. The summed E-state index contributed by atoms with van der Waals surface area (Å²) < 4.78 is 19.1. The van der Waals surface area contributed by atoms with Gasteiger partial charge in [-0.15, -0.1) is 0 Å². The molecule has 1 saturated carbocycles. The molecule has 2 aromatic rings. The number of ether oxygens (including phenoxy) is 1. The van der Waals surface area contributed by atoms with Crippen LogP contribution in [0.25, 0.3) is 0 Å². The molecule has 2 fully saturated rings. The molecule has 9 heteroatoms. The smallest absolute Gasteiger partial charge is 0.229 e. The van der Waals surface area contributed by atoms with Crippen molar-refractivity contribution in [2.24, 2.45) is 0 Å². The van der Waals surface area contributed by atoms with E-state index in [-0.39, 0.29) is 17.6 Å². The zero-order valence-electron chi connectivity index (χ0n) is 20.4. The van der Waals surface area contributed by atoms with Gasteiger partial charge in [0.05, 0.1) is 7.11 Å². The fourth-order valence-corrected chi connectivity index (χ4v) is 4.90. The van der Waals surface area contributed by atoms with Crippen LogP contribution in [-0.2, 0) is 6.54 Å². The third kappa shape index (κ3) is 6.68. The Morgan fingerprint density at radius 2 is 1.79 bits per heavy atom. The third-order valence-corrected chi connectivity index (χ3v) is 6.83. The van der Waals surface area contributed by atoms with Gasteiger partial charge in [-0.1, -0.05) is 38.7 Å². The number of aromatic nitrogens is 3. The van der Waals surface area contributed by atoms with Crippen LogP contribution in [0, 0.1) is 5.82 Å². The van der Waals surface area contributed by atoms with Crippen LogP contribution in [0.5, 0.6) is 5.75 Å². The van der Waals surface area contributed by atoms with Crippen LogP contribution in [0.4, 0.5) is 22.2 Å². The molecule has 0 radical (unpaired) electrons. The highest BCUT2D eigenvalue weighted by Gasteiger charge is 2.24. The molecule has 0 spiro atoms. The molecule has 8 nitrogen and oxygen atoms in total. The van der Waals surface area contributed by atoms with Gasteiger partial charge < -0.3 is 26.0 Å². The summed E-state index contributed by atoms with van der Waals surface area (Å²) in [6.45, 7) is 3.63. The van der Waals surface area contributed by atoms with Crippen molar-refractivity contribution in [1.29, 1.82) is 0 Å². The molecule has 0 amide bonds. The van der Waals surface area contributed by atoms with E-state index >= 15 is 0 Å². The van der Waals surface area contributed by atoms with Crippen LogP contribution < -0.4 is 26.0 Å². The van der Waals surface area contributed by atoms with Crippen molar-refractivity contribution >= 4 is 17.8 Å². The van der Waals surface area contributed by atoms with Gasteiger partial charge in [-0.05, 0) is 56.3 Å². The lowest BCUT2D eigenvalue weighted by Crippen LogP contribution is -2.40. The largest absolute Gasteiger partial charge is 0.494 e. The molecule has 186 valence electrons. The predicted molar refractivity (Wildman–Crippen MR) is 134 cm³/mol. The first kappa shape index (κ1) is 24.4. The maximum Gasteiger partial charge on any atom is 0.229 e. The Kier molecular flexibility index (Phi) is 8.73.